The second-order valence-electron chi connectivity index (χ2n) is 27.8. The SMILES string of the molecule is CC[C@H](C)[C@@H]1NC(=O)[C@H](CC(C)C)N(C)C(=O)C[C@@H](C)N(C)C(=O)[C@H](CC(C)C)NC(=O)C(C)(C)N(C)C(=O)[C@H](CC(C)C)NC(=O)[C@H](CCc2ccc(C(F)(F)F)c(Cl)c2)NC(=O)CN(C)C(=O)[C@H](Cc2ccc(C(F)(F)F)cc2)N(C)C(=O)[C@@H]2CCN2C(=O)[C@H](C)N(C)C1=O. The predicted octanol–water partition coefficient (Wildman–Crippen LogP) is 6.72. The summed E-state index contributed by atoms with van der Waals surface area (Å²) in [7, 11) is 8.01. The fraction of sp³-hybridized carbons (Fsp3) is 0.662. The van der Waals surface area contributed by atoms with Crippen molar-refractivity contribution in [2.45, 2.75) is 213 Å². The van der Waals surface area contributed by atoms with Gasteiger partial charge >= 0.3 is 12.4 Å². The predicted molar refractivity (Wildman–Crippen MR) is 352 cm³/mol. The molecule has 2 aliphatic rings. The van der Waals surface area contributed by atoms with Gasteiger partial charge in [0.05, 0.1) is 22.7 Å². The summed E-state index contributed by atoms with van der Waals surface area (Å²) in [6, 6.07) is -4.73. The fourth-order valence-electron chi connectivity index (χ4n) is 11.5. The Hall–Kier alpha value is -7.52. The Labute approximate surface area is 571 Å². The van der Waals surface area contributed by atoms with Crippen LogP contribution in [0.3, 0.4) is 0 Å². The van der Waals surface area contributed by atoms with Crippen LogP contribution in [0.15, 0.2) is 42.5 Å². The van der Waals surface area contributed by atoms with E-state index in [-0.39, 0.29) is 80.4 Å². The third-order valence-corrected chi connectivity index (χ3v) is 18.9. The minimum Gasteiger partial charge on any atom is -0.343 e. The Kier molecular flexibility index (Phi) is 29.0. The van der Waals surface area contributed by atoms with Gasteiger partial charge in [0, 0.05) is 67.7 Å². The average molecular weight is 1400 g/mol. The van der Waals surface area contributed by atoms with E-state index in [1.54, 1.807) is 34.6 Å². The van der Waals surface area contributed by atoms with Crippen LogP contribution in [0.4, 0.5) is 26.3 Å². The highest BCUT2D eigenvalue weighted by Crippen LogP contribution is 2.36. The minimum atomic E-state index is -4.81. The topological polar surface area (TPSA) is 259 Å². The molecule has 0 bridgehead atoms. The molecule has 2 aliphatic heterocycles. The quantitative estimate of drug-likeness (QED) is 0.153. The monoisotopic (exact) mass is 1400 g/mol. The van der Waals surface area contributed by atoms with Crippen LogP contribution in [-0.2, 0) is 77.9 Å². The number of nitrogens with one attached hydrogen (secondary N) is 4. The van der Waals surface area contributed by atoms with Crippen molar-refractivity contribution in [3.8, 4) is 0 Å². The van der Waals surface area contributed by atoms with Crippen molar-refractivity contribution in [3.63, 3.8) is 0 Å². The molecule has 97 heavy (non-hydrogen) atoms. The van der Waals surface area contributed by atoms with E-state index in [0.717, 1.165) is 62.1 Å². The van der Waals surface area contributed by atoms with E-state index in [9.17, 15) is 79.1 Å². The maximum Gasteiger partial charge on any atom is 0.417 e. The summed E-state index contributed by atoms with van der Waals surface area (Å²) in [5, 5.41) is 10.3. The summed E-state index contributed by atoms with van der Waals surface area (Å²) in [5.74, 6) is -9.57. The van der Waals surface area contributed by atoms with Gasteiger partial charge in [-0.1, -0.05) is 91.6 Å². The molecule has 29 heteroatoms. The van der Waals surface area contributed by atoms with Crippen molar-refractivity contribution >= 4 is 76.6 Å². The van der Waals surface area contributed by atoms with E-state index in [0.29, 0.717) is 6.42 Å². The van der Waals surface area contributed by atoms with Crippen LogP contribution in [0.2, 0.25) is 5.02 Å². The number of hydrogen-bond acceptors (Lipinski definition) is 11. The normalized spacial score (nSPS) is 25.1. The lowest BCUT2D eigenvalue weighted by Crippen LogP contribution is -2.65. The van der Waals surface area contributed by atoms with Crippen molar-refractivity contribution in [3.05, 3.63) is 69.7 Å². The molecule has 11 amide bonds. The molecule has 10 atom stereocenters. The minimum absolute atomic E-state index is 0.0230. The van der Waals surface area contributed by atoms with Crippen LogP contribution in [-0.4, -0.2) is 215 Å². The zero-order valence-electron chi connectivity index (χ0n) is 59.1. The molecule has 0 unspecified atom stereocenters. The van der Waals surface area contributed by atoms with Crippen LogP contribution in [0, 0.1) is 23.7 Å². The third kappa shape index (κ3) is 21.5. The van der Waals surface area contributed by atoms with E-state index >= 15 is 0 Å². The number of alkyl halides is 6. The first kappa shape index (κ1) is 81.9. The highest BCUT2D eigenvalue weighted by Gasteiger charge is 2.47. The van der Waals surface area contributed by atoms with Crippen LogP contribution >= 0.6 is 11.6 Å². The summed E-state index contributed by atoms with van der Waals surface area (Å²) in [6.45, 7) is 19.5. The van der Waals surface area contributed by atoms with Gasteiger partial charge in [-0.3, -0.25) is 52.7 Å². The van der Waals surface area contributed by atoms with Gasteiger partial charge < -0.3 is 55.6 Å². The molecule has 2 saturated heterocycles. The standard InChI is InChI=1S/C68H100ClF6N11O11/c1-19-40(8)56-64(96)82(15)42(10)59(91)86-29-28-51(86)63(95)84(17)53(35-44-20-24-45(25-21-44)67(70,71)72)62(94)80(13)36-54(87)76-48(27-23-43-22-26-46(47(69)34-43)68(73,74)75)57(89)77-50(31-38(4)5)61(93)85(18)66(11,12)65(97)78-49(30-37(2)3)60(92)81(14)41(9)33-55(88)83(16)52(32-39(6)7)58(90)79-56/h20-22,24-26,34,37-42,48-53,56H,19,23,27-33,35-36H2,1-18H3,(H,76,87)(H,77,89)(H,78,97)(H,79,90)/t40-,41+,42-,48-,49-,50-,51-,52-,53-,56-/m0/s1. The van der Waals surface area contributed by atoms with Gasteiger partial charge in [0.2, 0.25) is 65.0 Å². The van der Waals surface area contributed by atoms with E-state index in [1.807, 2.05) is 27.7 Å². The molecule has 2 fully saturated rings. The lowest BCUT2D eigenvalue weighted by atomic mass is 9.95. The maximum absolute atomic E-state index is 14.9. The Morgan fingerprint density at radius 2 is 1.14 bits per heavy atom. The number of aryl methyl sites for hydroxylation is 1. The van der Waals surface area contributed by atoms with Gasteiger partial charge in [-0.05, 0) is 125 Å². The van der Waals surface area contributed by atoms with Crippen LogP contribution in [0.1, 0.15) is 150 Å². The molecule has 0 aromatic heterocycles. The number of carbonyl (C=O) groups excluding carboxylic acids is 11. The van der Waals surface area contributed by atoms with Crippen molar-refractivity contribution < 1.29 is 79.1 Å². The Morgan fingerprint density at radius 1 is 0.588 bits per heavy atom. The van der Waals surface area contributed by atoms with Gasteiger partial charge in [-0.2, -0.15) is 26.3 Å². The summed E-state index contributed by atoms with van der Waals surface area (Å²) in [5.41, 5.74) is -3.54. The summed E-state index contributed by atoms with van der Waals surface area (Å²) in [6.07, 6.45) is -10.1. The number of likely N-dealkylation sites (N-methyl/N-ethyl adjacent to an activating group) is 6. The Bertz CT molecular complexity index is 3170. The zero-order chi connectivity index (χ0) is 73.8. The first-order valence-electron chi connectivity index (χ1n) is 32.9. The van der Waals surface area contributed by atoms with Crippen molar-refractivity contribution in [1.29, 1.82) is 0 Å². The van der Waals surface area contributed by atoms with Crippen LogP contribution in [0.5, 0.6) is 0 Å². The van der Waals surface area contributed by atoms with Crippen LogP contribution in [0.25, 0.3) is 0 Å². The lowest BCUT2D eigenvalue weighted by molar-refractivity contribution is -0.160. The number of halogens is 7. The number of fused-ring (bicyclic) bond motifs is 1. The van der Waals surface area contributed by atoms with Gasteiger partial charge in [0.15, 0.2) is 0 Å². The van der Waals surface area contributed by atoms with Crippen molar-refractivity contribution in [2.75, 3.05) is 55.4 Å². The van der Waals surface area contributed by atoms with Gasteiger partial charge in [-0.25, -0.2) is 0 Å². The molecule has 2 aromatic carbocycles. The molecule has 0 radical (unpaired) electrons. The summed E-state index contributed by atoms with van der Waals surface area (Å²) < 4.78 is 82.7. The zero-order valence-corrected chi connectivity index (χ0v) is 59.8. The summed E-state index contributed by atoms with van der Waals surface area (Å²) >= 11 is 6.08. The van der Waals surface area contributed by atoms with Crippen molar-refractivity contribution in [2.24, 2.45) is 23.7 Å². The first-order chi connectivity index (χ1) is 44.8. The number of carbonyl (C=O) groups is 11. The number of amides is 11. The largest absolute Gasteiger partial charge is 0.417 e. The third-order valence-electron chi connectivity index (χ3n) is 18.6. The molecule has 0 aliphatic carbocycles. The van der Waals surface area contributed by atoms with Gasteiger partial charge in [-0.15, -0.1) is 0 Å². The lowest BCUT2D eigenvalue weighted by Gasteiger charge is -2.45. The smallest absolute Gasteiger partial charge is 0.343 e. The van der Waals surface area contributed by atoms with Gasteiger partial charge in [0.1, 0.15) is 53.9 Å². The Morgan fingerprint density at radius 3 is 1.65 bits per heavy atom. The second kappa shape index (κ2) is 34.3. The maximum atomic E-state index is 14.9. The number of rotatable bonds is 13. The molecule has 4 rings (SSSR count). The molecule has 542 valence electrons. The van der Waals surface area contributed by atoms with Crippen LogP contribution < -0.4 is 21.3 Å². The molecular weight excluding hydrogens is 1300 g/mol. The fourth-order valence-corrected chi connectivity index (χ4v) is 11.8. The van der Waals surface area contributed by atoms with Crippen molar-refractivity contribution in [1.82, 2.24) is 55.6 Å². The molecule has 0 saturated carbocycles. The highest BCUT2D eigenvalue weighted by atomic mass is 35.5. The highest BCUT2D eigenvalue weighted by molar-refractivity contribution is 6.31. The van der Waals surface area contributed by atoms with Gasteiger partial charge in [0.25, 0.3) is 0 Å². The molecular formula is C68H100ClF6N11O11. The molecule has 4 N–H and O–H groups in total. The van der Waals surface area contributed by atoms with E-state index in [4.69, 9.17) is 11.6 Å². The average Bonchev–Trinajstić information content (AvgIpc) is 0.785. The summed E-state index contributed by atoms with van der Waals surface area (Å²) in [4.78, 5) is 169. The molecule has 0 spiro atoms. The Balaban J connectivity index is 1.89. The van der Waals surface area contributed by atoms with E-state index < -0.39 is 172 Å². The second-order valence-corrected chi connectivity index (χ2v) is 28.2. The molecule has 22 nitrogen and oxygen atoms in total. The number of nitrogens with zero attached hydrogens (tertiary/aromatic N) is 7. The first-order valence-corrected chi connectivity index (χ1v) is 33.3. The number of hydrogen-bond donors (Lipinski definition) is 4. The van der Waals surface area contributed by atoms with E-state index in [2.05, 4.69) is 21.3 Å². The molecule has 2 aromatic rings. The molecule has 2 heterocycles. The van der Waals surface area contributed by atoms with E-state index in [1.165, 1.54) is 77.8 Å². The number of benzene rings is 2.